The number of guanidine groups is 1. The van der Waals surface area contributed by atoms with Crippen LogP contribution in [0.5, 0.6) is 5.75 Å². The van der Waals surface area contributed by atoms with E-state index in [4.69, 9.17) is 4.74 Å². The SMILES string of the molecule is CCNC(=NCc1ncc(C)s1)NCCc1ccccc1OC. The van der Waals surface area contributed by atoms with Crippen LogP contribution in [0.15, 0.2) is 35.5 Å². The molecule has 6 heteroatoms. The molecule has 1 aromatic heterocycles. The number of rotatable bonds is 7. The summed E-state index contributed by atoms with van der Waals surface area (Å²) in [6.45, 7) is 6.34. The number of thiazole rings is 1. The van der Waals surface area contributed by atoms with Gasteiger partial charge in [0, 0.05) is 24.2 Å². The molecule has 2 rings (SSSR count). The molecule has 0 aliphatic rings. The Bertz CT molecular complexity index is 639. The van der Waals surface area contributed by atoms with E-state index in [2.05, 4.69) is 40.5 Å². The summed E-state index contributed by atoms with van der Waals surface area (Å²) >= 11 is 1.68. The maximum absolute atomic E-state index is 5.38. The van der Waals surface area contributed by atoms with Gasteiger partial charge in [0.25, 0.3) is 0 Å². The number of methoxy groups -OCH3 is 1. The fraction of sp³-hybridized carbons (Fsp3) is 0.412. The molecule has 0 aliphatic carbocycles. The Balaban J connectivity index is 1.89. The molecule has 124 valence electrons. The van der Waals surface area contributed by atoms with Crippen molar-refractivity contribution in [1.82, 2.24) is 15.6 Å². The molecule has 0 bridgehead atoms. The zero-order valence-corrected chi connectivity index (χ0v) is 14.7. The first-order valence-corrected chi connectivity index (χ1v) is 8.60. The molecule has 0 fully saturated rings. The number of aliphatic imine (C=N–C) groups is 1. The highest BCUT2D eigenvalue weighted by molar-refractivity contribution is 7.11. The lowest BCUT2D eigenvalue weighted by Crippen LogP contribution is -2.38. The van der Waals surface area contributed by atoms with E-state index in [0.717, 1.165) is 36.2 Å². The predicted octanol–water partition coefficient (Wildman–Crippen LogP) is 2.76. The van der Waals surface area contributed by atoms with Gasteiger partial charge < -0.3 is 15.4 Å². The van der Waals surface area contributed by atoms with Crippen molar-refractivity contribution in [3.05, 3.63) is 45.9 Å². The zero-order chi connectivity index (χ0) is 16.5. The second-order valence-electron chi connectivity index (χ2n) is 5.05. The third-order valence-electron chi connectivity index (χ3n) is 3.27. The molecule has 5 nitrogen and oxygen atoms in total. The summed E-state index contributed by atoms with van der Waals surface area (Å²) < 4.78 is 5.38. The number of hydrogen-bond acceptors (Lipinski definition) is 4. The van der Waals surface area contributed by atoms with Crippen molar-refractivity contribution in [2.24, 2.45) is 4.99 Å². The Labute approximate surface area is 141 Å². The highest BCUT2D eigenvalue weighted by Gasteiger charge is 2.03. The number of aromatic nitrogens is 1. The summed E-state index contributed by atoms with van der Waals surface area (Å²) in [7, 11) is 1.70. The van der Waals surface area contributed by atoms with E-state index in [1.54, 1.807) is 18.4 Å². The van der Waals surface area contributed by atoms with Crippen LogP contribution >= 0.6 is 11.3 Å². The van der Waals surface area contributed by atoms with Gasteiger partial charge in [-0.3, -0.25) is 0 Å². The number of hydrogen-bond donors (Lipinski definition) is 2. The highest BCUT2D eigenvalue weighted by Crippen LogP contribution is 2.17. The van der Waals surface area contributed by atoms with Crippen LogP contribution in [-0.4, -0.2) is 31.1 Å². The van der Waals surface area contributed by atoms with E-state index in [1.165, 1.54) is 10.4 Å². The maximum atomic E-state index is 5.38. The van der Waals surface area contributed by atoms with Gasteiger partial charge in [-0.2, -0.15) is 0 Å². The molecule has 2 N–H and O–H groups in total. The van der Waals surface area contributed by atoms with Gasteiger partial charge >= 0.3 is 0 Å². The van der Waals surface area contributed by atoms with Crippen LogP contribution in [0, 0.1) is 6.92 Å². The quantitative estimate of drug-likeness (QED) is 0.605. The summed E-state index contributed by atoms with van der Waals surface area (Å²) in [5.41, 5.74) is 1.19. The lowest BCUT2D eigenvalue weighted by Gasteiger charge is -2.12. The van der Waals surface area contributed by atoms with Crippen molar-refractivity contribution < 1.29 is 4.74 Å². The number of para-hydroxylation sites is 1. The highest BCUT2D eigenvalue weighted by atomic mass is 32.1. The number of ether oxygens (including phenoxy) is 1. The van der Waals surface area contributed by atoms with E-state index in [9.17, 15) is 0 Å². The number of benzene rings is 1. The van der Waals surface area contributed by atoms with E-state index in [1.807, 2.05) is 24.4 Å². The van der Waals surface area contributed by atoms with Crippen LogP contribution in [0.25, 0.3) is 0 Å². The van der Waals surface area contributed by atoms with Crippen molar-refractivity contribution in [2.75, 3.05) is 20.2 Å². The van der Waals surface area contributed by atoms with Crippen LogP contribution in [0.1, 0.15) is 22.4 Å². The van der Waals surface area contributed by atoms with Gasteiger partial charge in [-0.15, -0.1) is 11.3 Å². The molecule has 0 aliphatic heterocycles. The molecule has 0 saturated carbocycles. The van der Waals surface area contributed by atoms with Crippen molar-refractivity contribution in [3.63, 3.8) is 0 Å². The molecule has 1 aromatic carbocycles. The summed E-state index contributed by atoms with van der Waals surface area (Å²) in [6.07, 6.45) is 2.77. The largest absolute Gasteiger partial charge is 0.496 e. The number of aryl methyl sites for hydroxylation is 1. The molecular formula is C17H24N4OS. The second kappa shape index (κ2) is 9.15. The minimum atomic E-state index is 0.600. The minimum absolute atomic E-state index is 0.600. The van der Waals surface area contributed by atoms with Crippen molar-refractivity contribution in [2.45, 2.75) is 26.8 Å². The first-order chi connectivity index (χ1) is 11.2. The monoisotopic (exact) mass is 332 g/mol. The number of nitrogens with one attached hydrogen (secondary N) is 2. The van der Waals surface area contributed by atoms with E-state index < -0.39 is 0 Å². The molecule has 23 heavy (non-hydrogen) atoms. The summed E-state index contributed by atoms with van der Waals surface area (Å²) in [5.74, 6) is 1.74. The molecule has 0 amide bonds. The average Bonchev–Trinajstić information content (AvgIpc) is 2.98. The van der Waals surface area contributed by atoms with Crippen molar-refractivity contribution in [1.29, 1.82) is 0 Å². The standard InChI is InChI=1S/C17H24N4OS/c1-4-18-17(21-12-16-20-11-13(2)23-16)19-10-9-14-7-5-6-8-15(14)22-3/h5-8,11H,4,9-10,12H2,1-3H3,(H2,18,19,21). The van der Waals surface area contributed by atoms with Crippen LogP contribution in [-0.2, 0) is 13.0 Å². The Morgan fingerprint density at radius 1 is 1.30 bits per heavy atom. The van der Waals surface area contributed by atoms with Crippen molar-refractivity contribution in [3.8, 4) is 5.75 Å². The third kappa shape index (κ3) is 5.56. The Hall–Kier alpha value is -2.08. The van der Waals surface area contributed by atoms with Crippen LogP contribution in [0.2, 0.25) is 0 Å². The van der Waals surface area contributed by atoms with E-state index in [-0.39, 0.29) is 0 Å². The molecule has 2 aromatic rings. The lowest BCUT2D eigenvalue weighted by molar-refractivity contribution is 0.409. The van der Waals surface area contributed by atoms with Crippen molar-refractivity contribution >= 4 is 17.3 Å². The molecule has 0 unspecified atom stereocenters. The minimum Gasteiger partial charge on any atom is -0.496 e. The molecule has 0 atom stereocenters. The van der Waals surface area contributed by atoms with Gasteiger partial charge in [-0.1, -0.05) is 18.2 Å². The van der Waals surface area contributed by atoms with Crippen LogP contribution < -0.4 is 15.4 Å². The Kier molecular flexibility index (Phi) is 6.87. The molecule has 0 radical (unpaired) electrons. The zero-order valence-electron chi connectivity index (χ0n) is 13.9. The Morgan fingerprint density at radius 3 is 2.83 bits per heavy atom. The smallest absolute Gasteiger partial charge is 0.191 e. The van der Waals surface area contributed by atoms with Gasteiger partial charge in [-0.05, 0) is 31.9 Å². The first kappa shape index (κ1) is 17.3. The Morgan fingerprint density at radius 2 is 2.13 bits per heavy atom. The predicted molar refractivity (Wildman–Crippen MR) is 96.4 cm³/mol. The molecule has 0 saturated heterocycles. The van der Waals surface area contributed by atoms with Gasteiger partial charge in [0.05, 0.1) is 13.7 Å². The second-order valence-corrected chi connectivity index (χ2v) is 6.37. The summed E-state index contributed by atoms with van der Waals surface area (Å²) in [4.78, 5) is 10.1. The maximum Gasteiger partial charge on any atom is 0.191 e. The summed E-state index contributed by atoms with van der Waals surface area (Å²) in [6, 6.07) is 8.08. The first-order valence-electron chi connectivity index (χ1n) is 7.78. The number of nitrogens with zero attached hydrogens (tertiary/aromatic N) is 2. The lowest BCUT2D eigenvalue weighted by atomic mass is 10.1. The molecular weight excluding hydrogens is 308 g/mol. The van der Waals surface area contributed by atoms with Gasteiger partial charge in [-0.25, -0.2) is 9.98 Å². The normalized spacial score (nSPS) is 11.3. The fourth-order valence-electron chi connectivity index (χ4n) is 2.19. The molecule has 0 spiro atoms. The van der Waals surface area contributed by atoms with Gasteiger partial charge in [0.2, 0.25) is 0 Å². The molecule has 1 heterocycles. The van der Waals surface area contributed by atoms with Crippen LogP contribution in [0.4, 0.5) is 0 Å². The third-order valence-corrected chi connectivity index (χ3v) is 4.16. The van der Waals surface area contributed by atoms with Gasteiger partial charge in [0.15, 0.2) is 5.96 Å². The van der Waals surface area contributed by atoms with Crippen LogP contribution in [0.3, 0.4) is 0 Å². The fourth-order valence-corrected chi connectivity index (χ4v) is 2.90. The van der Waals surface area contributed by atoms with E-state index >= 15 is 0 Å². The van der Waals surface area contributed by atoms with E-state index in [0.29, 0.717) is 6.54 Å². The average molecular weight is 332 g/mol. The summed E-state index contributed by atoms with van der Waals surface area (Å²) in [5, 5.41) is 7.65. The van der Waals surface area contributed by atoms with Gasteiger partial charge in [0.1, 0.15) is 10.8 Å². The topological polar surface area (TPSA) is 58.5 Å².